The Morgan fingerprint density at radius 1 is 0.680 bits per heavy atom. The zero-order chi connectivity index (χ0) is 17.7. The molecule has 148 valence electrons. The van der Waals surface area contributed by atoms with Crippen molar-refractivity contribution in [2.75, 3.05) is 79.1 Å². The van der Waals surface area contributed by atoms with E-state index in [-0.39, 0.29) is 6.10 Å². The third-order valence-corrected chi connectivity index (χ3v) is 5.08. The van der Waals surface area contributed by atoms with Crippen LogP contribution in [0.4, 0.5) is 0 Å². The normalized spacial score (nSPS) is 35.8. The molecule has 0 saturated carbocycles. The molecule has 0 aromatic rings. The monoisotopic (exact) mass is 359 g/mol. The summed E-state index contributed by atoms with van der Waals surface area (Å²) in [7, 11) is 0. The van der Waals surface area contributed by atoms with Gasteiger partial charge in [0.15, 0.2) is 0 Å². The fourth-order valence-electron chi connectivity index (χ4n) is 3.53. The van der Waals surface area contributed by atoms with Crippen molar-refractivity contribution in [2.24, 2.45) is 11.8 Å². The van der Waals surface area contributed by atoms with Gasteiger partial charge in [-0.25, -0.2) is 0 Å². The minimum Gasteiger partial charge on any atom is -0.377 e. The highest BCUT2D eigenvalue weighted by Gasteiger charge is 2.30. The third-order valence-electron chi connectivity index (χ3n) is 5.08. The van der Waals surface area contributed by atoms with E-state index in [9.17, 15) is 0 Å². The maximum atomic E-state index is 5.49. The van der Waals surface area contributed by atoms with Crippen LogP contribution in [0.1, 0.15) is 26.7 Å². The molecule has 0 radical (unpaired) electrons. The first-order valence-corrected chi connectivity index (χ1v) is 9.90. The molecule has 4 aliphatic rings. The summed E-state index contributed by atoms with van der Waals surface area (Å²) >= 11 is 0. The van der Waals surface area contributed by atoms with Crippen LogP contribution >= 0.6 is 0 Å². The Morgan fingerprint density at radius 2 is 1.20 bits per heavy atom. The molecule has 0 N–H and O–H groups in total. The molecule has 4 heterocycles. The second-order valence-corrected chi connectivity index (χ2v) is 7.21. The lowest BCUT2D eigenvalue weighted by molar-refractivity contribution is -0.0378. The van der Waals surface area contributed by atoms with Crippen molar-refractivity contribution in [1.82, 2.24) is 4.90 Å². The number of hydrogen-bond donors (Lipinski definition) is 0. The van der Waals surface area contributed by atoms with Crippen LogP contribution in [-0.4, -0.2) is 90.1 Å². The lowest BCUT2D eigenvalue weighted by atomic mass is 9.80. The van der Waals surface area contributed by atoms with E-state index >= 15 is 0 Å². The summed E-state index contributed by atoms with van der Waals surface area (Å²) in [5.74, 6) is 2.07. The highest BCUT2D eigenvalue weighted by molar-refractivity contribution is 4.83. The second kappa shape index (κ2) is 13.0. The average molecular weight is 360 g/mol. The first kappa shape index (κ1) is 21.1. The quantitative estimate of drug-likeness (QED) is 0.658. The van der Waals surface area contributed by atoms with Gasteiger partial charge in [-0.05, 0) is 44.7 Å². The van der Waals surface area contributed by atoms with Crippen LogP contribution in [0.2, 0.25) is 0 Å². The van der Waals surface area contributed by atoms with E-state index in [0.29, 0.717) is 59.5 Å². The molecule has 4 fully saturated rings. The van der Waals surface area contributed by atoms with Crippen LogP contribution in [0, 0.1) is 11.8 Å². The van der Waals surface area contributed by atoms with Gasteiger partial charge >= 0.3 is 0 Å². The van der Waals surface area contributed by atoms with Crippen molar-refractivity contribution in [2.45, 2.75) is 32.8 Å². The van der Waals surface area contributed by atoms with Crippen molar-refractivity contribution in [1.29, 1.82) is 0 Å². The van der Waals surface area contributed by atoms with E-state index in [1.54, 1.807) is 0 Å². The SMILES string of the molecule is CC1CN2CCC1CC2.CC1COCCOCCOCCOCCO1. The van der Waals surface area contributed by atoms with Crippen LogP contribution in [-0.2, 0) is 23.7 Å². The number of nitrogens with zero attached hydrogens (tertiary/aromatic N) is 1. The molecule has 4 saturated heterocycles. The van der Waals surface area contributed by atoms with Gasteiger partial charge < -0.3 is 28.6 Å². The zero-order valence-corrected chi connectivity index (χ0v) is 16.1. The van der Waals surface area contributed by atoms with Gasteiger partial charge in [-0.3, -0.25) is 0 Å². The molecule has 4 rings (SSSR count). The van der Waals surface area contributed by atoms with E-state index < -0.39 is 0 Å². The van der Waals surface area contributed by atoms with Gasteiger partial charge in [-0.1, -0.05) is 6.92 Å². The van der Waals surface area contributed by atoms with Crippen molar-refractivity contribution in [3.63, 3.8) is 0 Å². The van der Waals surface area contributed by atoms with Crippen LogP contribution in [0.3, 0.4) is 0 Å². The lowest BCUT2D eigenvalue weighted by Crippen LogP contribution is -2.46. The molecule has 0 spiro atoms. The third kappa shape index (κ3) is 9.31. The molecule has 0 amide bonds. The Morgan fingerprint density at radius 3 is 1.64 bits per heavy atom. The molecule has 4 aliphatic heterocycles. The molecule has 0 aromatic heterocycles. The number of rotatable bonds is 0. The van der Waals surface area contributed by atoms with Crippen LogP contribution in [0.5, 0.6) is 0 Å². The molecule has 2 atom stereocenters. The molecular weight excluding hydrogens is 322 g/mol. The standard InChI is InChI=1S/C11H22O5.C8H15N/c1-11-10-15-7-6-13-3-2-12-4-5-14-8-9-16-11;1-7-6-9-4-2-8(7)3-5-9/h11H,2-10H2,1H3;7-8H,2-6H2,1H3. The summed E-state index contributed by atoms with van der Waals surface area (Å²) in [5, 5.41) is 0. The van der Waals surface area contributed by atoms with Gasteiger partial charge in [0.2, 0.25) is 0 Å². The van der Waals surface area contributed by atoms with Crippen molar-refractivity contribution in [3.8, 4) is 0 Å². The Balaban J connectivity index is 0.000000208. The molecule has 25 heavy (non-hydrogen) atoms. The fraction of sp³-hybridized carbons (Fsp3) is 1.00. The van der Waals surface area contributed by atoms with Gasteiger partial charge in [0.05, 0.1) is 65.6 Å². The highest BCUT2D eigenvalue weighted by atomic mass is 16.6. The Bertz CT molecular complexity index is 307. The predicted octanol–water partition coefficient (Wildman–Crippen LogP) is 1.82. The Kier molecular flexibility index (Phi) is 11.0. The van der Waals surface area contributed by atoms with Crippen molar-refractivity contribution in [3.05, 3.63) is 0 Å². The van der Waals surface area contributed by atoms with Gasteiger partial charge in [0, 0.05) is 6.54 Å². The average Bonchev–Trinajstić information content (AvgIpc) is 2.64. The first-order valence-electron chi connectivity index (χ1n) is 9.90. The topological polar surface area (TPSA) is 49.4 Å². The highest BCUT2D eigenvalue weighted by Crippen LogP contribution is 2.31. The molecule has 2 bridgehead atoms. The van der Waals surface area contributed by atoms with E-state index in [2.05, 4.69) is 11.8 Å². The molecule has 6 nitrogen and oxygen atoms in total. The maximum absolute atomic E-state index is 5.49. The largest absolute Gasteiger partial charge is 0.377 e. The summed E-state index contributed by atoms with van der Waals surface area (Å²) in [6.45, 7) is 14.0. The number of piperidine rings is 3. The predicted molar refractivity (Wildman–Crippen MR) is 97.0 cm³/mol. The number of ether oxygens (including phenoxy) is 5. The molecular formula is C19H37NO5. The summed E-state index contributed by atoms with van der Waals surface area (Å²) in [4.78, 5) is 2.60. The molecule has 6 heteroatoms. The summed E-state index contributed by atoms with van der Waals surface area (Å²) in [5.41, 5.74) is 0. The number of hydrogen-bond acceptors (Lipinski definition) is 6. The summed E-state index contributed by atoms with van der Waals surface area (Å²) in [6, 6.07) is 0. The van der Waals surface area contributed by atoms with Crippen molar-refractivity contribution >= 4 is 0 Å². The van der Waals surface area contributed by atoms with Crippen LogP contribution < -0.4 is 0 Å². The fourth-order valence-corrected chi connectivity index (χ4v) is 3.53. The van der Waals surface area contributed by atoms with E-state index in [1.807, 2.05) is 6.92 Å². The Hall–Kier alpha value is -0.240. The second-order valence-electron chi connectivity index (χ2n) is 7.21. The number of fused-ring (bicyclic) bond motifs is 3. The molecule has 2 unspecified atom stereocenters. The molecule has 0 aliphatic carbocycles. The van der Waals surface area contributed by atoms with Gasteiger partial charge in [-0.2, -0.15) is 0 Å². The van der Waals surface area contributed by atoms with E-state index in [0.717, 1.165) is 11.8 Å². The zero-order valence-electron chi connectivity index (χ0n) is 16.1. The first-order chi connectivity index (χ1) is 12.3. The lowest BCUT2D eigenvalue weighted by Gasteiger charge is -2.43. The van der Waals surface area contributed by atoms with E-state index in [1.165, 1.54) is 32.5 Å². The minimum atomic E-state index is 0.102. The summed E-state index contributed by atoms with van der Waals surface area (Å²) in [6.07, 6.45) is 3.05. The van der Waals surface area contributed by atoms with Gasteiger partial charge in [0.25, 0.3) is 0 Å². The smallest absolute Gasteiger partial charge is 0.0781 e. The van der Waals surface area contributed by atoms with Crippen LogP contribution in [0.15, 0.2) is 0 Å². The Labute approximate surface area is 153 Å². The summed E-state index contributed by atoms with van der Waals surface area (Å²) < 4.78 is 26.8. The minimum absolute atomic E-state index is 0.102. The maximum Gasteiger partial charge on any atom is 0.0781 e. The van der Waals surface area contributed by atoms with E-state index in [4.69, 9.17) is 23.7 Å². The van der Waals surface area contributed by atoms with Crippen LogP contribution in [0.25, 0.3) is 0 Å². The van der Waals surface area contributed by atoms with Gasteiger partial charge in [-0.15, -0.1) is 0 Å². The molecule has 0 aromatic carbocycles. The van der Waals surface area contributed by atoms with Gasteiger partial charge in [0.1, 0.15) is 0 Å². The van der Waals surface area contributed by atoms with Crippen molar-refractivity contribution < 1.29 is 23.7 Å².